The highest BCUT2D eigenvalue weighted by Crippen LogP contribution is 2.13. The van der Waals surface area contributed by atoms with E-state index in [-0.39, 0.29) is 18.3 Å². The molecule has 1 aliphatic heterocycles. The molecule has 1 aliphatic rings. The van der Waals surface area contributed by atoms with Gasteiger partial charge in [-0.15, -0.1) is 23.7 Å². The zero-order chi connectivity index (χ0) is 14.2. The van der Waals surface area contributed by atoms with Crippen molar-refractivity contribution in [3.63, 3.8) is 0 Å². The third-order valence-corrected chi connectivity index (χ3v) is 4.83. The molecule has 0 aliphatic carbocycles. The predicted molar refractivity (Wildman–Crippen MR) is 92.4 cm³/mol. The van der Waals surface area contributed by atoms with Crippen LogP contribution in [-0.2, 0) is 11.2 Å². The van der Waals surface area contributed by atoms with Gasteiger partial charge in [0.05, 0.1) is 0 Å². The summed E-state index contributed by atoms with van der Waals surface area (Å²) in [5.41, 5.74) is 0. The lowest BCUT2D eigenvalue weighted by Gasteiger charge is -2.28. The van der Waals surface area contributed by atoms with Gasteiger partial charge in [-0.05, 0) is 57.0 Å². The molecule has 2 N–H and O–H groups in total. The second-order valence-electron chi connectivity index (χ2n) is 5.78. The number of thiophene rings is 1. The van der Waals surface area contributed by atoms with Crippen LogP contribution in [0.4, 0.5) is 0 Å². The molecule has 120 valence electrons. The summed E-state index contributed by atoms with van der Waals surface area (Å²) in [6.07, 6.45) is 7.32. The van der Waals surface area contributed by atoms with Crippen LogP contribution in [0.1, 0.15) is 50.3 Å². The first-order valence-electron chi connectivity index (χ1n) is 7.79. The summed E-state index contributed by atoms with van der Waals surface area (Å²) in [4.78, 5) is 13.3. The molecule has 0 bridgehead atoms. The van der Waals surface area contributed by atoms with Crippen molar-refractivity contribution in [1.29, 1.82) is 0 Å². The van der Waals surface area contributed by atoms with Crippen molar-refractivity contribution in [2.75, 3.05) is 6.54 Å². The fourth-order valence-electron chi connectivity index (χ4n) is 2.78. The van der Waals surface area contributed by atoms with Crippen molar-refractivity contribution in [3.05, 3.63) is 22.4 Å². The predicted octanol–water partition coefficient (Wildman–Crippen LogP) is 3.53. The fourth-order valence-corrected chi connectivity index (χ4v) is 3.53. The van der Waals surface area contributed by atoms with Crippen LogP contribution in [-0.4, -0.2) is 24.5 Å². The molecule has 5 heteroatoms. The van der Waals surface area contributed by atoms with Gasteiger partial charge < -0.3 is 10.6 Å². The third-order valence-electron chi connectivity index (χ3n) is 3.90. The van der Waals surface area contributed by atoms with Crippen LogP contribution in [0.3, 0.4) is 0 Å². The molecule has 0 radical (unpaired) electrons. The number of rotatable bonds is 7. The molecule has 1 fully saturated rings. The summed E-state index contributed by atoms with van der Waals surface area (Å²) in [5, 5.41) is 8.71. The lowest BCUT2D eigenvalue weighted by molar-refractivity contribution is -0.122. The molecule has 1 saturated heterocycles. The van der Waals surface area contributed by atoms with Crippen molar-refractivity contribution in [1.82, 2.24) is 10.6 Å². The lowest BCUT2D eigenvalue weighted by atomic mass is 10.0. The number of hydrogen-bond acceptors (Lipinski definition) is 3. The topological polar surface area (TPSA) is 41.1 Å². The number of piperidine rings is 1. The molecule has 1 aromatic heterocycles. The maximum Gasteiger partial charge on any atom is 0.220 e. The van der Waals surface area contributed by atoms with Crippen molar-refractivity contribution in [2.24, 2.45) is 0 Å². The Morgan fingerprint density at radius 1 is 1.43 bits per heavy atom. The molecule has 2 rings (SSSR count). The Morgan fingerprint density at radius 2 is 2.29 bits per heavy atom. The molecule has 3 nitrogen and oxygen atoms in total. The summed E-state index contributed by atoms with van der Waals surface area (Å²) < 4.78 is 0. The van der Waals surface area contributed by atoms with Crippen molar-refractivity contribution in [2.45, 2.75) is 64.0 Å². The van der Waals surface area contributed by atoms with Gasteiger partial charge >= 0.3 is 0 Å². The van der Waals surface area contributed by atoms with Crippen LogP contribution >= 0.6 is 23.7 Å². The summed E-state index contributed by atoms with van der Waals surface area (Å²) in [6.45, 7) is 3.20. The van der Waals surface area contributed by atoms with Gasteiger partial charge in [0.1, 0.15) is 0 Å². The second-order valence-corrected chi connectivity index (χ2v) is 6.82. The van der Waals surface area contributed by atoms with E-state index in [1.807, 2.05) is 11.3 Å². The number of amides is 1. The molecular formula is C16H27ClN2OS. The van der Waals surface area contributed by atoms with E-state index in [1.54, 1.807) is 0 Å². The van der Waals surface area contributed by atoms with E-state index in [9.17, 15) is 4.79 Å². The Kier molecular flexibility index (Phi) is 8.97. The largest absolute Gasteiger partial charge is 0.353 e. The highest BCUT2D eigenvalue weighted by atomic mass is 35.5. The van der Waals surface area contributed by atoms with E-state index in [0.29, 0.717) is 18.5 Å². The Bertz CT molecular complexity index is 397. The number of halogens is 1. The summed E-state index contributed by atoms with van der Waals surface area (Å²) >= 11 is 1.83. The fraction of sp³-hybridized carbons (Fsp3) is 0.688. The molecule has 0 aromatic carbocycles. The van der Waals surface area contributed by atoms with E-state index in [4.69, 9.17) is 0 Å². The van der Waals surface area contributed by atoms with Gasteiger partial charge in [0.25, 0.3) is 0 Å². The molecule has 2 heterocycles. The first-order chi connectivity index (χ1) is 9.74. The van der Waals surface area contributed by atoms with Gasteiger partial charge in [-0.3, -0.25) is 4.79 Å². The molecule has 1 aromatic rings. The first-order valence-corrected chi connectivity index (χ1v) is 8.67. The zero-order valence-electron chi connectivity index (χ0n) is 12.8. The summed E-state index contributed by atoms with van der Waals surface area (Å²) in [6, 6.07) is 5.20. The molecule has 2 unspecified atom stereocenters. The maximum absolute atomic E-state index is 11.9. The van der Waals surface area contributed by atoms with Crippen molar-refractivity contribution < 1.29 is 4.79 Å². The van der Waals surface area contributed by atoms with Gasteiger partial charge in [0.2, 0.25) is 5.91 Å². The van der Waals surface area contributed by atoms with Gasteiger partial charge in [-0.1, -0.05) is 12.5 Å². The minimum Gasteiger partial charge on any atom is -0.353 e. The monoisotopic (exact) mass is 330 g/mol. The van der Waals surface area contributed by atoms with E-state index >= 15 is 0 Å². The first kappa shape index (κ1) is 18.5. The zero-order valence-corrected chi connectivity index (χ0v) is 14.4. The highest BCUT2D eigenvalue weighted by molar-refractivity contribution is 7.09. The number of hydrogen-bond donors (Lipinski definition) is 2. The second kappa shape index (κ2) is 10.2. The van der Waals surface area contributed by atoms with E-state index in [2.05, 4.69) is 35.1 Å². The smallest absolute Gasteiger partial charge is 0.220 e. The minimum absolute atomic E-state index is 0. The summed E-state index contributed by atoms with van der Waals surface area (Å²) in [7, 11) is 0. The third kappa shape index (κ3) is 7.30. The standard InChI is InChI=1S/C16H26N2OS.ClH/c1-13-12-14(9-10-17-13)18-16(19)8-4-2-3-6-15-7-5-11-20-15;/h5,7,11,13-14,17H,2-4,6,8-10,12H2,1H3,(H,18,19);1H. The van der Waals surface area contributed by atoms with E-state index in [1.165, 1.54) is 11.3 Å². The SMILES string of the molecule is CC1CC(NC(=O)CCCCCc2cccs2)CCN1.Cl. The van der Waals surface area contributed by atoms with Gasteiger partial charge in [0.15, 0.2) is 0 Å². The number of carbonyl (C=O) groups excluding carboxylic acids is 1. The van der Waals surface area contributed by atoms with Gasteiger partial charge in [0, 0.05) is 23.4 Å². The average molecular weight is 331 g/mol. The van der Waals surface area contributed by atoms with Crippen LogP contribution < -0.4 is 10.6 Å². The van der Waals surface area contributed by atoms with Gasteiger partial charge in [-0.2, -0.15) is 0 Å². The molecule has 0 saturated carbocycles. The number of aryl methyl sites for hydroxylation is 1. The normalized spacial score (nSPS) is 21.6. The van der Waals surface area contributed by atoms with Crippen LogP contribution in [0.25, 0.3) is 0 Å². The quantitative estimate of drug-likeness (QED) is 0.751. The Hall–Kier alpha value is -0.580. The van der Waals surface area contributed by atoms with E-state index in [0.717, 1.165) is 38.6 Å². The molecule has 1 amide bonds. The van der Waals surface area contributed by atoms with E-state index < -0.39 is 0 Å². The maximum atomic E-state index is 11.9. The van der Waals surface area contributed by atoms with Crippen molar-refractivity contribution >= 4 is 29.7 Å². The molecular weight excluding hydrogens is 304 g/mol. The Morgan fingerprint density at radius 3 is 3.00 bits per heavy atom. The summed E-state index contributed by atoms with van der Waals surface area (Å²) in [5.74, 6) is 0.236. The lowest BCUT2D eigenvalue weighted by Crippen LogP contribution is -2.46. The van der Waals surface area contributed by atoms with Crippen LogP contribution in [0.5, 0.6) is 0 Å². The molecule has 0 spiro atoms. The minimum atomic E-state index is 0. The molecule has 2 atom stereocenters. The van der Waals surface area contributed by atoms with Crippen LogP contribution in [0.15, 0.2) is 17.5 Å². The average Bonchev–Trinajstić information content (AvgIpc) is 2.91. The number of carbonyl (C=O) groups is 1. The number of unbranched alkanes of at least 4 members (excludes halogenated alkanes) is 2. The molecule has 21 heavy (non-hydrogen) atoms. The number of nitrogens with one attached hydrogen (secondary N) is 2. The van der Waals surface area contributed by atoms with Crippen LogP contribution in [0.2, 0.25) is 0 Å². The van der Waals surface area contributed by atoms with Crippen LogP contribution in [0, 0.1) is 0 Å². The Balaban J connectivity index is 0.00000220. The highest BCUT2D eigenvalue weighted by Gasteiger charge is 2.19. The van der Waals surface area contributed by atoms with Gasteiger partial charge in [-0.25, -0.2) is 0 Å². The van der Waals surface area contributed by atoms with Crippen molar-refractivity contribution in [3.8, 4) is 0 Å². The Labute approximate surface area is 138 Å².